The number of sulfone groups is 1. The zero-order valence-electron chi connectivity index (χ0n) is 17.5. The highest BCUT2D eigenvalue weighted by Gasteiger charge is 2.09. The SMILES string of the molecule is CSc1cc(C)c(Br)cn1.Cc1cc(Cl)ncc1Br.Cc1cc(S(C)(=O)=O)ncc1Br. The van der Waals surface area contributed by atoms with Gasteiger partial charge in [-0.15, -0.1) is 11.8 Å². The molecule has 0 bridgehead atoms. The summed E-state index contributed by atoms with van der Waals surface area (Å²) in [5.74, 6) is 0. The molecule has 31 heavy (non-hydrogen) atoms. The molecule has 0 N–H and O–H groups in total. The van der Waals surface area contributed by atoms with Crippen molar-refractivity contribution in [1.82, 2.24) is 15.0 Å². The Morgan fingerprint density at radius 2 is 1.26 bits per heavy atom. The van der Waals surface area contributed by atoms with E-state index in [-0.39, 0.29) is 5.03 Å². The van der Waals surface area contributed by atoms with Crippen LogP contribution in [0.5, 0.6) is 0 Å². The number of thioether (sulfide) groups is 1. The van der Waals surface area contributed by atoms with Crippen molar-refractivity contribution in [2.75, 3.05) is 12.5 Å². The molecule has 0 spiro atoms. The molecular weight excluding hydrogens is 654 g/mol. The molecule has 0 saturated heterocycles. The number of aromatic nitrogens is 3. The lowest BCUT2D eigenvalue weighted by molar-refractivity contribution is 0.598. The number of hydrogen-bond donors (Lipinski definition) is 0. The molecule has 0 amide bonds. The fourth-order valence-electron chi connectivity index (χ4n) is 1.85. The van der Waals surface area contributed by atoms with Gasteiger partial charge in [0.05, 0.1) is 5.03 Å². The molecular formula is C20H21Br3ClN3O2S2. The van der Waals surface area contributed by atoms with Gasteiger partial charge in [-0.25, -0.2) is 23.4 Å². The maximum atomic E-state index is 11.0. The van der Waals surface area contributed by atoms with E-state index in [1.54, 1.807) is 24.0 Å². The van der Waals surface area contributed by atoms with Crippen LogP contribution in [0.3, 0.4) is 0 Å². The minimum Gasteiger partial charge on any atom is -0.249 e. The largest absolute Gasteiger partial charge is 0.249 e. The molecule has 3 aromatic rings. The predicted octanol–water partition coefficient (Wildman–Crippen LogP) is 7.24. The van der Waals surface area contributed by atoms with E-state index >= 15 is 0 Å². The molecule has 0 aliphatic rings. The van der Waals surface area contributed by atoms with Crippen LogP contribution in [0.25, 0.3) is 0 Å². The fourth-order valence-corrected chi connectivity index (χ4v) is 3.80. The Morgan fingerprint density at radius 3 is 1.65 bits per heavy atom. The molecule has 5 nitrogen and oxygen atoms in total. The van der Waals surface area contributed by atoms with Crippen molar-refractivity contribution in [3.05, 3.63) is 72.1 Å². The van der Waals surface area contributed by atoms with Gasteiger partial charge in [0, 0.05) is 38.3 Å². The van der Waals surface area contributed by atoms with Crippen molar-refractivity contribution in [2.24, 2.45) is 0 Å². The summed E-state index contributed by atoms with van der Waals surface area (Å²) >= 11 is 17.2. The van der Waals surface area contributed by atoms with Crippen LogP contribution in [0.4, 0.5) is 0 Å². The van der Waals surface area contributed by atoms with Crippen LogP contribution in [0.2, 0.25) is 5.15 Å². The maximum absolute atomic E-state index is 11.0. The van der Waals surface area contributed by atoms with Gasteiger partial charge in [0.2, 0.25) is 0 Å². The first-order chi connectivity index (χ1) is 14.3. The second-order valence-electron chi connectivity index (χ2n) is 6.28. The van der Waals surface area contributed by atoms with Crippen LogP contribution in [-0.4, -0.2) is 35.9 Å². The Hall–Kier alpha value is -0.520. The van der Waals surface area contributed by atoms with Gasteiger partial charge in [-0.2, -0.15) is 0 Å². The van der Waals surface area contributed by atoms with E-state index in [0.29, 0.717) is 5.15 Å². The van der Waals surface area contributed by atoms with Gasteiger partial charge < -0.3 is 0 Å². The van der Waals surface area contributed by atoms with E-state index < -0.39 is 9.84 Å². The summed E-state index contributed by atoms with van der Waals surface area (Å²) in [6.45, 7) is 5.85. The third-order valence-electron chi connectivity index (χ3n) is 3.65. The van der Waals surface area contributed by atoms with Gasteiger partial charge in [-0.3, -0.25) is 0 Å². The fraction of sp³-hybridized carbons (Fsp3) is 0.250. The molecule has 3 aromatic heterocycles. The van der Waals surface area contributed by atoms with Crippen LogP contribution >= 0.6 is 71.2 Å². The van der Waals surface area contributed by atoms with E-state index in [4.69, 9.17) is 11.6 Å². The quantitative estimate of drug-likeness (QED) is 0.211. The lowest BCUT2D eigenvalue weighted by Gasteiger charge is -1.99. The van der Waals surface area contributed by atoms with Crippen LogP contribution in [0, 0.1) is 20.8 Å². The Labute approximate surface area is 218 Å². The van der Waals surface area contributed by atoms with Crippen LogP contribution < -0.4 is 0 Å². The number of rotatable bonds is 2. The van der Waals surface area contributed by atoms with Gasteiger partial charge in [-0.05, 0) is 110 Å². The number of nitrogens with zero attached hydrogens (tertiary/aromatic N) is 3. The van der Waals surface area contributed by atoms with Gasteiger partial charge in [0.1, 0.15) is 5.15 Å². The number of halogens is 4. The highest BCUT2D eigenvalue weighted by atomic mass is 79.9. The molecule has 0 aliphatic carbocycles. The van der Waals surface area contributed by atoms with Crippen molar-refractivity contribution >= 4 is 81.0 Å². The average molecular weight is 675 g/mol. The normalized spacial score (nSPS) is 10.5. The first kappa shape index (κ1) is 28.5. The topological polar surface area (TPSA) is 72.8 Å². The van der Waals surface area contributed by atoms with Crippen molar-refractivity contribution in [3.8, 4) is 0 Å². The molecule has 0 aliphatic heterocycles. The number of pyridine rings is 3. The average Bonchev–Trinajstić information content (AvgIpc) is 2.69. The van der Waals surface area contributed by atoms with E-state index in [2.05, 4.69) is 75.7 Å². The van der Waals surface area contributed by atoms with Crippen molar-refractivity contribution in [1.29, 1.82) is 0 Å². The van der Waals surface area contributed by atoms with Crippen LogP contribution in [0.15, 0.2) is 60.3 Å². The van der Waals surface area contributed by atoms with E-state index in [0.717, 1.165) is 35.8 Å². The summed E-state index contributed by atoms with van der Waals surface area (Å²) in [5.41, 5.74) is 3.21. The standard InChI is InChI=1S/C7H8BrNO2S.C7H8BrNS.C6H5BrClN/c1-5-3-7(12(2,10)11)9-4-6(5)8;1-5-3-7(10-2)9-4-6(5)8;1-4-2-6(8)9-3-5(4)7/h3-4H,1-2H3;3-4H,1-2H3;2-3H,1H3. The van der Waals surface area contributed by atoms with E-state index in [1.807, 2.05) is 32.4 Å². The second-order valence-corrected chi connectivity index (χ2v) is 12.0. The Balaban J connectivity index is 0.000000235. The minimum atomic E-state index is -3.17. The molecule has 0 unspecified atom stereocenters. The zero-order valence-corrected chi connectivity index (χ0v) is 24.6. The van der Waals surface area contributed by atoms with Crippen molar-refractivity contribution in [3.63, 3.8) is 0 Å². The molecule has 0 fully saturated rings. The summed E-state index contributed by atoms with van der Waals surface area (Å²) < 4.78 is 24.9. The Morgan fingerprint density at radius 1 is 0.806 bits per heavy atom. The third-order valence-corrected chi connectivity index (χ3v) is 7.97. The van der Waals surface area contributed by atoms with Gasteiger partial charge >= 0.3 is 0 Å². The van der Waals surface area contributed by atoms with E-state index in [9.17, 15) is 8.42 Å². The lowest BCUT2D eigenvalue weighted by atomic mass is 10.3. The molecule has 0 radical (unpaired) electrons. The summed E-state index contributed by atoms with van der Waals surface area (Å²) in [7, 11) is -3.17. The monoisotopic (exact) mass is 671 g/mol. The van der Waals surface area contributed by atoms with Crippen LogP contribution in [0.1, 0.15) is 16.7 Å². The van der Waals surface area contributed by atoms with Crippen molar-refractivity contribution < 1.29 is 8.42 Å². The van der Waals surface area contributed by atoms with Crippen molar-refractivity contribution in [2.45, 2.75) is 30.8 Å². The molecule has 0 atom stereocenters. The molecule has 0 saturated carbocycles. The molecule has 3 heterocycles. The number of hydrogen-bond acceptors (Lipinski definition) is 6. The van der Waals surface area contributed by atoms with E-state index in [1.165, 1.54) is 11.8 Å². The Bertz CT molecular complexity index is 1150. The van der Waals surface area contributed by atoms with Gasteiger partial charge in [-0.1, -0.05) is 11.6 Å². The molecule has 0 aromatic carbocycles. The maximum Gasteiger partial charge on any atom is 0.192 e. The summed E-state index contributed by atoms with van der Waals surface area (Å²) in [4.78, 5) is 11.8. The second kappa shape index (κ2) is 13.3. The first-order valence-electron chi connectivity index (χ1n) is 8.61. The Kier molecular flexibility index (Phi) is 12.2. The smallest absolute Gasteiger partial charge is 0.192 e. The molecule has 3 rings (SSSR count). The van der Waals surface area contributed by atoms with Gasteiger partial charge in [0.15, 0.2) is 14.9 Å². The summed E-state index contributed by atoms with van der Waals surface area (Å²) in [5, 5.41) is 1.72. The van der Waals surface area contributed by atoms with Crippen LogP contribution in [-0.2, 0) is 9.84 Å². The van der Waals surface area contributed by atoms with Gasteiger partial charge in [0.25, 0.3) is 0 Å². The zero-order chi connectivity index (χ0) is 23.8. The highest BCUT2D eigenvalue weighted by molar-refractivity contribution is 9.11. The summed E-state index contributed by atoms with van der Waals surface area (Å²) in [6.07, 6.45) is 8.18. The molecule has 168 valence electrons. The lowest BCUT2D eigenvalue weighted by Crippen LogP contribution is -2.00. The number of aryl methyl sites for hydroxylation is 3. The third kappa shape index (κ3) is 10.3. The highest BCUT2D eigenvalue weighted by Crippen LogP contribution is 2.19. The first-order valence-corrected chi connectivity index (χ1v) is 14.5. The summed E-state index contributed by atoms with van der Waals surface area (Å²) in [6, 6.07) is 5.42. The minimum absolute atomic E-state index is 0.114. The predicted molar refractivity (Wildman–Crippen MR) is 140 cm³/mol. The molecule has 11 heteroatoms.